The molecule has 4 aliphatic rings. The maximum absolute atomic E-state index is 12.8. The van der Waals surface area contributed by atoms with E-state index in [9.17, 15) is 4.79 Å². The first kappa shape index (κ1) is 19.2. The van der Waals surface area contributed by atoms with Crippen LogP contribution in [0.4, 0.5) is 5.69 Å². The zero-order chi connectivity index (χ0) is 20.0. The quantitative estimate of drug-likeness (QED) is 0.570. The first-order chi connectivity index (χ1) is 14.0. The highest BCUT2D eigenvalue weighted by Crippen LogP contribution is 2.56. The summed E-state index contributed by atoms with van der Waals surface area (Å²) in [5.74, 6) is 1.05. The van der Waals surface area contributed by atoms with Crippen LogP contribution in [-0.2, 0) is 9.53 Å². The summed E-state index contributed by atoms with van der Waals surface area (Å²) in [6.45, 7) is 11.8. The van der Waals surface area contributed by atoms with Gasteiger partial charge in [-0.25, -0.2) is 0 Å². The lowest BCUT2D eigenvalue weighted by atomic mass is 9.55. The van der Waals surface area contributed by atoms with Gasteiger partial charge in [-0.1, -0.05) is 37.3 Å². The highest BCUT2D eigenvalue weighted by Gasteiger charge is 2.55. The van der Waals surface area contributed by atoms with Gasteiger partial charge in [0.2, 0.25) is 0 Å². The molecular weight excluding hydrogens is 360 g/mol. The Morgan fingerprint density at radius 3 is 2.69 bits per heavy atom. The van der Waals surface area contributed by atoms with Crippen molar-refractivity contribution in [2.24, 2.45) is 23.2 Å². The van der Waals surface area contributed by atoms with Gasteiger partial charge in [0.25, 0.3) is 0 Å². The van der Waals surface area contributed by atoms with Crippen molar-refractivity contribution in [2.75, 3.05) is 37.6 Å². The lowest BCUT2D eigenvalue weighted by molar-refractivity contribution is -0.146. The SMILES string of the molecule is C=C1CCC[C@]2(C)C[C@H]3OC(=O)[C@@H](CN4CCN(c5ccccc5)CC4)[C@H]3C[C@H]12. The van der Waals surface area contributed by atoms with Gasteiger partial charge in [-0.15, -0.1) is 0 Å². The number of hydrogen-bond acceptors (Lipinski definition) is 4. The van der Waals surface area contributed by atoms with E-state index in [1.54, 1.807) is 0 Å². The van der Waals surface area contributed by atoms with Crippen LogP contribution in [0.3, 0.4) is 0 Å². The molecule has 29 heavy (non-hydrogen) atoms. The number of carbonyl (C=O) groups excluding carboxylic acids is 1. The maximum atomic E-state index is 12.8. The molecule has 4 heteroatoms. The fraction of sp³-hybridized carbons (Fsp3) is 0.640. The largest absolute Gasteiger partial charge is 0.462 e. The molecule has 4 fully saturated rings. The van der Waals surface area contributed by atoms with Crippen molar-refractivity contribution in [2.45, 2.75) is 45.1 Å². The van der Waals surface area contributed by atoms with Crippen LogP contribution in [0.2, 0.25) is 0 Å². The van der Waals surface area contributed by atoms with E-state index in [1.165, 1.54) is 30.5 Å². The Kier molecular flexibility index (Phi) is 4.93. The zero-order valence-corrected chi connectivity index (χ0v) is 17.7. The van der Waals surface area contributed by atoms with Crippen molar-refractivity contribution < 1.29 is 9.53 Å². The Balaban J connectivity index is 1.23. The monoisotopic (exact) mass is 394 g/mol. The highest BCUT2D eigenvalue weighted by molar-refractivity contribution is 5.75. The number of rotatable bonds is 3. The van der Waals surface area contributed by atoms with Crippen LogP contribution in [0.15, 0.2) is 42.5 Å². The normalized spacial score (nSPS) is 37.8. The van der Waals surface area contributed by atoms with Gasteiger partial charge < -0.3 is 9.64 Å². The van der Waals surface area contributed by atoms with Crippen LogP contribution in [-0.4, -0.2) is 49.7 Å². The Morgan fingerprint density at radius 1 is 1.17 bits per heavy atom. The van der Waals surface area contributed by atoms with E-state index in [2.05, 4.69) is 53.6 Å². The van der Waals surface area contributed by atoms with E-state index < -0.39 is 0 Å². The lowest BCUT2D eigenvalue weighted by Gasteiger charge is -2.50. The minimum atomic E-state index is 0.0440. The van der Waals surface area contributed by atoms with Crippen molar-refractivity contribution in [1.82, 2.24) is 4.90 Å². The van der Waals surface area contributed by atoms with Crippen LogP contribution >= 0.6 is 0 Å². The summed E-state index contributed by atoms with van der Waals surface area (Å²) < 4.78 is 5.95. The first-order valence-corrected chi connectivity index (χ1v) is 11.4. The van der Waals surface area contributed by atoms with Crippen molar-refractivity contribution in [1.29, 1.82) is 0 Å². The molecule has 5 rings (SSSR count). The fourth-order valence-electron chi connectivity index (χ4n) is 6.57. The molecule has 1 aromatic carbocycles. The molecule has 0 aromatic heterocycles. The Bertz CT molecular complexity index is 770. The Hall–Kier alpha value is -1.81. The van der Waals surface area contributed by atoms with Crippen LogP contribution < -0.4 is 4.90 Å². The second-order valence-electron chi connectivity index (χ2n) is 10.0. The summed E-state index contributed by atoms with van der Waals surface area (Å²) in [7, 11) is 0. The molecule has 5 atom stereocenters. The van der Waals surface area contributed by atoms with E-state index in [-0.39, 0.29) is 23.4 Å². The molecule has 0 spiro atoms. The molecule has 156 valence electrons. The number of nitrogens with zero attached hydrogens (tertiary/aromatic N) is 2. The molecule has 2 saturated carbocycles. The zero-order valence-electron chi connectivity index (χ0n) is 17.7. The van der Waals surface area contributed by atoms with E-state index in [1.807, 2.05) is 0 Å². The summed E-state index contributed by atoms with van der Waals surface area (Å²) in [4.78, 5) is 17.7. The molecule has 0 amide bonds. The third-order valence-electron chi connectivity index (χ3n) is 8.27. The minimum absolute atomic E-state index is 0.0440. The average molecular weight is 395 g/mol. The van der Waals surface area contributed by atoms with E-state index in [4.69, 9.17) is 4.74 Å². The average Bonchev–Trinajstić information content (AvgIpc) is 3.01. The minimum Gasteiger partial charge on any atom is -0.462 e. The van der Waals surface area contributed by atoms with Crippen LogP contribution in [0.25, 0.3) is 0 Å². The number of esters is 1. The smallest absolute Gasteiger partial charge is 0.310 e. The molecular formula is C25H34N2O2. The Morgan fingerprint density at radius 2 is 1.93 bits per heavy atom. The number of benzene rings is 1. The summed E-state index contributed by atoms with van der Waals surface area (Å²) in [5.41, 5.74) is 3.01. The van der Waals surface area contributed by atoms with E-state index >= 15 is 0 Å². The number of piperazine rings is 1. The predicted octanol–water partition coefficient (Wildman–Crippen LogP) is 4.12. The van der Waals surface area contributed by atoms with Crippen molar-refractivity contribution in [3.05, 3.63) is 42.5 Å². The summed E-state index contributed by atoms with van der Waals surface area (Å²) in [6, 6.07) is 10.6. The van der Waals surface area contributed by atoms with Crippen molar-refractivity contribution in [3.63, 3.8) is 0 Å². The van der Waals surface area contributed by atoms with Gasteiger partial charge in [0.1, 0.15) is 6.10 Å². The van der Waals surface area contributed by atoms with E-state index in [0.29, 0.717) is 11.8 Å². The molecule has 2 heterocycles. The van der Waals surface area contributed by atoms with Crippen molar-refractivity contribution >= 4 is 11.7 Å². The second kappa shape index (κ2) is 7.46. The first-order valence-electron chi connectivity index (χ1n) is 11.4. The molecule has 0 N–H and O–H groups in total. The molecule has 2 saturated heterocycles. The molecule has 0 bridgehead atoms. The number of hydrogen-bond donors (Lipinski definition) is 0. The Labute approximate surface area is 174 Å². The second-order valence-corrected chi connectivity index (χ2v) is 10.0. The van der Waals surface area contributed by atoms with Crippen LogP contribution in [0.1, 0.15) is 39.0 Å². The number of allylic oxidation sites excluding steroid dienone is 1. The number of para-hydroxylation sites is 1. The summed E-state index contributed by atoms with van der Waals surface area (Å²) in [6.07, 6.45) is 5.92. The number of anilines is 1. The van der Waals surface area contributed by atoms with Crippen LogP contribution in [0, 0.1) is 23.2 Å². The third kappa shape index (κ3) is 3.50. The van der Waals surface area contributed by atoms with Gasteiger partial charge in [0.15, 0.2) is 0 Å². The highest BCUT2D eigenvalue weighted by atomic mass is 16.6. The molecule has 2 aliphatic heterocycles. The van der Waals surface area contributed by atoms with Gasteiger partial charge in [0.05, 0.1) is 5.92 Å². The third-order valence-corrected chi connectivity index (χ3v) is 8.27. The lowest BCUT2D eigenvalue weighted by Crippen LogP contribution is -2.50. The number of ether oxygens (including phenoxy) is 1. The van der Waals surface area contributed by atoms with Crippen LogP contribution in [0.5, 0.6) is 0 Å². The molecule has 2 aliphatic carbocycles. The van der Waals surface area contributed by atoms with Gasteiger partial charge >= 0.3 is 5.97 Å². The maximum Gasteiger partial charge on any atom is 0.310 e. The van der Waals surface area contributed by atoms with E-state index in [0.717, 1.165) is 45.6 Å². The summed E-state index contributed by atoms with van der Waals surface area (Å²) in [5, 5.41) is 0. The number of carbonyl (C=O) groups is 1. The molecule has 1 aromatic rings. The predicted molar refractivity (Wildman–Crippen MR) is 116 cm³/mol. The molecule has 4 nitrogen and oxygen atoms in total. The number of fused-ring (bicyclic) bond motifs is 2. The molecule has 0 radical (unpaired) electrons. The topological polar surface area (TPSA) is 32.8 Å². The standard InChI is InChI=1S/C25H34N2O2/c1-18-7-6-10-25(2)16-23-20(15-22(18)25)21(24(28)29-23)17-26-11-13-27(14-12-26)19-8-4-3-5-9-19/h3-5,8-9,20-23H,1,6-7,10-17H2,2H3/t20-,21+,22-,23-,25-/m1/s1. The van der Waals surface area contributed by atoms with Gasteiger partial charge in [-0.3, -0.25) is 9.69 Å². The summed E-state index contributed by atoms with van der Waals surface area (Å²) >= 11 is 0. The fourth-order valence-corrected chi connectivity index (χ4v) is 6.57. The van der Waals surface area contributed by atoms with Crippen molar-refractivity contribution in [3.8, 4) is 0 Å². The molecule has 0 unspecified atom stereocenters. The van der Waals surface area contributed by atoms with Gasteiger partial charge in [0, 0.05) is 44.3 Å². The van der Waals surface area contributed by atoms with Gasteiger partial charge in [-0.2, -0.15) is 0 Å². The van der Waals surface area contributed by atoms with Gasteiger partial charge in [-0.05, 0) is 55.6 Å².